The number of anilines is 4. The number of aryl methyl sites for hydroxylation is 1. The van der Waals surface area contributed by atoms with Crippen molar-refractivity contribution in [1.29, 1.82) is 0 Å². The number of fused-ring (bicyclic) bond motifs is 4. The predicted molar refractivity (Wildman–Crippen MR) is 322 cm³/mol. The molecule has 2 aromatic heterocycles. The Morgan fingerprint density at radius 3 is 1.61 bits per heavy atom. The molecule has 10 rings (SSSR count). The van der Waals surface area contributed by atoms with E-state index in [0.29, 0.717) is 0 Å². The van der Waals surface area contributed by atoms with Gasteiger partial charge in [0.05, 0.1) is 0 Å². The number of rotatable bonds is 9. The van der Waals surface area contributed by atoms with Gasteiger partial charge in [-0.2, -0.15) is 65.4 Å². The van der Waals surface area contributed by atoms with Crippen LogP contribution in [0, 0.1) is 25.7 Å². The van der Waals surface area contributed by atoms with Gasteiger partial charge < -0.3 is 41.8 Å². The van der Waals surface area contributed by atoms with Crippen molar-refractivity contribution < 1.29 is 48.5 Å². The topological polar surface area (TPSA) is 79.7 Å². The van der Waals surface area contributed by atoms with E-state index in [1.807, 2.05) is 18.0 Å². The van der Waals surface area contributed by atoms with Crippen LogP contribution in [-0.4, -0.2) is 52.3 Å². The Labute approximate surface area is 479 Å². The van der Waals surface area contributed by atoms with Crippen molar-refractivity contribution in [1.82, 2.24) is 9.55 Å². The summed E-state index contributed by atoms with van der Waals surface area (Å²) in [5.74, 6) is 2.44. The molecule has 18 heteroatoms. The third-order valence-corrected chi connectivity index (χ3v) is 15.1. The third kappa shape index (κ3) is 12.0. The van der Waals surface area contributed by atoms with Crippen molar-refractivity contribution in [2.24, 2.45) is 0 Å². The van der Waals surface area contributed by atoms with Crippen LogP contribution in [0.1, 0.15) is 126 Å². The maximum atomic E-state index is 6.95. The number of nitrogens with zero attached hydrogens (tertiary/aromatic N) is 4. The summed E-state index contributed by atoms with van der Waals surface area (Å²) >= 11 is 1.86. The van der Waals surface area contributed by atoms with Crippen molar-refractivity contribution in [3.63, 3.8) is 0 Å². The van der Waals surface area contributed by atoms with E-state index in [0.717, 1.165) is 78.7 Å². The first-order valence-corrected chi connectivity index (χ1v) is 28.0. The Morgan fingerprint density at radius 1 is 0.545 bits per heavy atom. The number of thioether (sulfide) groups is 1. The molecule has 77 heavy (non-hydrogen) atoms. The van der Waals surface area contributed by atoms with Crippen LogP contribution in [0.25, 0.3) is 27.6 Å². The maximum absolute atomic E-state index is 6.95. The Morgan fingerprint density at radius 2 is 1.06 bits per heavy atom. The molecule has 5 heterocycles. The van der Waals surface area contributed by atoms with Gasteiger partial charge in [-0.1, -0.05) is 157 Å². The van der Waals surface area contributed by atoms with E-state index in [1.165, 1.54) is 16.3 Å². The van der Waals surface area contributed by atoms with Gasteiger partial charge in [0.25, 0.3) is 0 Å². The van der Waals surface area contributed by atoms with Crippen molar-refractivity contribution in [3.8, 4) is 5.82 Å². The summed E-state index contributed by atoms with van der Waals surface area (Å²) in [7, 11) is -3.82. The SMILES string of the molecule is Cc1cc(B2OB(C(C)(C)C)OB(C(C)(C)C)O2)c(N2[CH-]N(c3[c-]c(CSCc4[c-]c5c(cc4)c4ccccc4n5-c4cc(C(C)(C)C)ccn4)ccc3)c3ccccc32)c(B2OB(C(C)(C)C)OB(C(C)(C)C)O2)c1.[Pt]. The van der Waals surface area contributed by atoms with Crippen molar-refractivity contribution in [2.75, 3.05) is 9.80 Å². The van der Waals surface area contributed by atoms with Gasteiger partial charge in [0.2, 0.25) is 0 Å². The zero-order valence-corrected chi connectivity index (χ0v) is 50.9. The molecule has 0 bridgehead atoms. The molecule has 0 aliphatic carbocycles. The van der Waals surface area contributed by atoms with Crippen LogP contribution in [0.2, 0.25) is 21.3 Å². The zero-order chi connectivity index (χ0) is 54.3. The fourth-order valence-electron chi connectivity index (χ4n) is 10.0. The van der Waals surface area contributed by atoms with Gasteiger partial charge in [0.1, 0.15) is 5.82 Å². The number of benzene rings is 5. The second-order valence-electron chi connectivity index (χ2n) is 26.2. The van der Waals surface area contributed by atoms with Crippen LogP contribution in [0.3, 0.4) is 0 Å². The molecule has 3 aliphatic rings. The van der Waals surface area contributed by atoms with Gasteiger partial charge in [0.15, 0.2) is 0 Å². The fraction of sp³-hybridized carbons (Fsp3) is 0.390. The summed E-state index contributed by atoms with van der Waals surface area (Å²) in [6, 6.07) is 44.3. The summed E-state index contributed by atoms with van der Waals surface area (Å²) in [4.78, 5) is 9.36. The molecule has 3 aliphatic heterocycles. The van der Waals surface area contributed by atoms with Crippen LogP contribution >= 0.6 is 11.8 Å². The Hall–Kier alpha value is -4.16. The molecular weight excluding hydrogens is 1150 g/mol. The number of hydrogen-bond donors (Lipinski definition) is 0. The van der Waals surface area contributed by atoms with E-state index < -0.39 is 42.7 Å². The van der Waals surface area contributed by atoms with Crippen LogP contribution in [-0.2, 0) is 65.4 Å². The average Bonchev–Trinajstić information content (AvgIpc) is 3.93. The smallest absolute Gasteiger partial charge is 0.468 e. The van der Waals surface area contributed by atoms with Gasteiger partial charge in [-0.3, -0.25) is 0 Å². The molecule has 0 N–H and O–H groups in total. The quantitative estimate of drug-likeness (QED) is 0.103. The Bertz CT molecular complexity index is 3160. The van der Waals surface area contributed by atoms with Crippen molar-refractivity contribution in [2.45, 2.75) is 149 Å². The van der Waals surface area contributed by atoms with Crippen molar-refractivity contribution in [3.05, 3.63) is 150 Å². The largest absolute Gasteiger partial charge is 0.493 e. The van der Waals surface area contributed by atoms with Gasteiger partial charge in [-0.15, -0.1) is 17.7 Å². The maximum Gasteiger partial charge on any atom is 0.468 e. The Kier molecular flexibility index (Phi) is 16.2. The monoisotopic (exact) mass is 1220 g/mol. The van der Waals surface area contributed by atoms with E-state index in [9.17, 15) is 0 Å². The standard InChI is InChI=1S/C59H71B6N4O6S.Pt/c1-40-32-47(60-70-62(56(5,6)7)74-63(71-60)57(8,9)10)54(48(33-40)61-72-64(58(11,12)13)75-65(73-61)59(14,15)16)68-39-67(50-26-19-20-27-51(50)68)44-23-21-22-41(34-44)37-76-38-42-28-29-46-45-24-17-18-25-49(45)69(52(46)35-42)53-36-43(30-31-66-53)55(2,3)4;/h17-33,36,39H,37-38H2,1-16H3;/q-3;. The second kappa shape index (κ2) is 21.7. The van der Waals surface area contributed by atoms with Crippen LogP contribution in [0.5, 0.6) is 0 Å². The Balaban J connectivity index is 0.00000722. The minimum absolute atomic E-state index is 0. The van der Waals surface area contributed by atoms with E-state index in [2.05, 4.69) is 247 Å². The van der Waals surface area contributed by atoms with Crippen LogP contribution in [0.4, 0.5) is 22.7 Å². The zero-order valence-electron chi connectivity index (χ0n) is 47.8. The molecule has 5 aromatic carbocycles. The molecule has 0 amide bonds. The molecular formula is C59H71B6N4O6PtS-3. The third-order valence-electron chi connectivity index (χ3n) is 14.1. The summed E-state index contributed by atoms with van der Waals surface area (Å²) < 4.78 is 43.3. The molecule has 0 radical (unpaired) electrons. The molecule has 0 saturated carbocycles. The molecule has 400 valence electrons. The first-order valence-electron chi connectivity index (χ1n) is 26.8. The van der Waals surface area contributed by atoms with Gasteiger partial charge in [0, 0.05) is 60.8 Å². The van der Waals surface area contributed by atoms with E-state index in [-0.39, 0.29) is 47.7 Å². The second-order valence-corrected chi connectivity index (χ2v) is 27.2. The minimum Gasteiger partial charge on any atom is -0.493 e. The number of hydrogen-bond acceptors (Lipinski definition) is 10. The summed E-state index contributed by atoms with van der Waals surface area (Å²) in [6.07, 6.45) is 1.93. The molecule has 0 unspecified atom stereocenters. The number of aromatic nitrogens is 2. The van der Waals surface area contributed by atoms with Crippen LogP contribution < -0.4 is 20.7 Å². The summed E-state index contributed by atoms with van der Waals surface area (Å²) in [5, 5.41) is 0.962. The van der Waals surface area contributed by atoms with Gasteiger partial charge in [-0.25, -0.2) is 4.98 Å². The predicted octanol–water partition coefficient (Wildman–Crippen LogP) is 13.9. The fourth-order valence-corrected chi connectivity index (χ4v) is 10.9. The molecule has 2 saturated heterocycles. The summed E-state index contributed by atoms with van der Waals surface area (Å²) in [5.41, 5.74) is 12.1. The average molecular weight is 1220 g/mol. The first kappa shape index (κ1) is 57.5. The van der Waals surface area contributed by atoms with Gasteiger partial charge >= 0.3 is 42.7 Å². The number of para-hydroxylation sites is 3. The molecule has 2 fully saturated rings. The van der Waals surface area contributed by atoms with Gasteiger partial charge in [-0.05, 0) is 86.4 Å². The number of pyridine rings is 1. The van der Waals surface area contributed by atoms with E-state index in [4.69, 9.17) is 32.4 Å². The molecule has 10 nitrogen and oxygen atoms in total. The van der Waals surface area contributed by atoms with E-state index >= 15 is 0 Å². The first-order chi connectivity index (χ1) is 35.7. The normalized spacial score (nSPS) is 16.1. The molecule has 0 spiro atoms. The molecule has 0 atom stereocenters. The van der Waals surface area contributed by atoms with Crippen molar-refractivity contribution >= 4 is 110 Å². The molecule has 7 aromatic rings. The van der Waals surface area contributed by atoms with Crippen LogP contribution in [0.15, 0.2) is 109 Å². The minimum atomic E-state index is -0.799. The summed E-state index contributed by atoms with van der Waals surface area (Å²) in [6.45, 7) is 36.7. The van der Waals surface area contributed by atoms with E-state index in [1.54, 1.807) is 0 Å².